The molecule has 0 aromatic carbocycles. The summed E-state index contributed by atoms with van der Waals surface area (Å²) in [5.74, 6) is -2.31. The number of ether oxygens (including phenoxy) is 4. The van der Waals surface area contributed by atoms with E-state index in [9.17, 15) is 43.2 Å². The van der Waals surface area contributed by atoms with Crippen molar-refractivity contribution in [3.63, 3.8) is 0 Å². The van der Waals surface area contributed by atoms with Gasteiger partial charge in [-0.1, -0.05) is 299 Å². The molecule has 19 heteroatoms. The summed E-state index contributed by atoms with van der Waals surface area (Å²) in [4.78, 5) is 73.3. The van der Waals surface area contributed by atoms with Gasteiger partial charge in [-0.15, -0.1) is 0 Å². The van der Waals surface area contributed by atoms with Crippen LogP contribution in [-0.4, -0.2) is 96.7 Å². The number of esters is 4. The van der Waals surface area contributed by atoms with E-state index in [0.29, 0.717) is 32.1 Å². The van der Waals surface area contributed by atoms with Gasteiger partial charge in [0.2, 0.25) is 0 Å². The summed E-state index contributed by atoms with van der Waals surface area (Å²) in [6, 6.07) is 0. The summed E-state index contributed by atoms with van der Waals surface area (Å²) in [5, 5.41) is 10.7. The van der Waals surface area contributed by atoms with Crippen molar-refractivity contribution >= 4 is 39.5 Å². The predicted molar refractivity (Wildman–Crippen MR) is 463 cm³/mol. The first-order valence-corrected chi connectivity index (χ1v) is 45.7. The molecule has 0 bridgehead atoms. The van der Waals surface area contributed by atoms with Crippen LogP contribution in [0.25, 0.3) is 0 Å². The molecule has 0 saturated carbocycles. The van der Waals surface area contributed by atoms with Crippen LogP contribution >= 0.6 is 15.6 Å². The maximum atomic E-state index is 13.1. The molecule has 5 unspecified atom stereocenters. The van der Waals surface area contributed by atoms with Crippen molar-refractivity contribution in [1.29, 1.82) is 0 Å². The molecule has 0 aliphatic heterocycles. The summed E-state index contributed by atoms with van der Waals surface area (Å²) in [6.45, 7) is 4.38. The van der Waals surface area contributed by atoms with Crippen LogP contribution in [0.5, 0.6) is 0 Å². The summed E-state index contributed by atoms with van der Waals surface area (Å²) in [5.41, 5.74) is 0. The maximum absolute atomic E-state index is 13.1. The quantitative estimate of drug-likeness (QED) is 0.0169. The zero-order chi connectivity index (χ0) is 81.7. The first-order valence-electron chi connectivity index (χ1n) is 42.7. The van der Waals surface area contributed by atoms with E-state index >= 15 is 0 Å². The molecule has 0 spiro atoms. The molecule has 0 amide bonds. The van der Waals surface area contributed by atoms with Gasteiger partial charge in [0.25, 0.3) is 0 Å². The molecule has 0 aliphatic rings. The number of unbranched alkanes of at least 4 members (excludes halogenated alkanes) is 20. The van der Waals surface area contributed by atoms with Crippen molar-refractivity contribution in [2.24, 2.45) is 0 Å². The summed E-state index contributed by atoms with van der Waals surface area (Å²) >= 11 is 0. The minimum atomic E-state index is -5.01. The molecule has 3 N–H and O–H groups in total. The molecule has 0 aliphatic carbocycles. The van der Waals surface area contributed by atoms with Gasteiger partial charge in [0.1, 0.15) is 19.3 Å². The highest BCUT2D eigenvalue weighted by atomic mass is 31.2. The zero-order valence-corrected chi connectivity index (χ0v) is 71.3. The Morgan fingerprint density at radius 2 is 0.473 bits per heavy atom. The van der Waals surface area contributed by atoms with Crippen molar-refractivity contribution < 1.29 is 80.2 Å². The molecule has 0 aromatic rings. The average molecular weight is 1600 g/mol. The van der Waals surface area contributed by atoms with Gasteiger partial charge in [0.05, 0.1) is 26.4 Å². The van der Waals surface area contributed by atoms with E-state index in [4.69, 9.17) is 37.0 Å². The first-order chi connectivity index (χ1) is 54.7. The number of carbonyl (C=O) groups excluding carboxylic acids is 4. The van der Waals surface area contributed by atoms with Gasteiger partial charge in [-0.2, -0.15) is 0 Å². The molecule has 0 fully saturated rings. The van der Waals surface area contributed by atoms with Crippen molar-refractivity contribution in [3.05, 3.63) is 194 Å². The normalized spacial score (nSPS) is 14.7. The molecular formula is C93H150O17P2. The second kappa shape index (κ2) is 82.9. The molecule has 0 aromatic heterocycles. The van der Waals surface area contributed by atoms with E-state index in [-0.39, 0.29) is 25.7 Å². The van der Waals surface area contributed by atoms with Gasteiger partial charge in [-0.05, 0) is 180 Å². The monoisotopic (exact) mass is 1600 g/mol. The van der Waals surface area contributed by atoms with Crippen molar-refractivity contribution in [2.75, 3.05) is 39.6 Å². The van der Waals surface area contributed by atoms with Crippen LogP contribution in [0.3, 0.4) is 0 Å². The molecule has 634 valence electrons. The van der Waals surface area contributed by atoms with Crippen molar-refractivity contribution in [2.45, 2.75) is 329 Å². The fourth-order valence-corrected chi connectivity index (χ4v) is 12.2. The molecular weight excluding hydrogens is 1450 g/mol. The standard InChI is InChI=1S/C93H150O17P2/c1-5-9-13-17-21-25-29-33-37-41-43-47-49-53-57-61-65-69-73-77-90(95)103-83-88(109-92(97)79-75-71-67-63-59-55-51-45-39-35-31-27-23-19-15-11-7-3)85-107-111(99,100)105-81-87(94)82-106-112(101,102)108-86-89(110-93(98)80-76-72-68-64-60-56-52-46-40-36-32-28-24-20-16-12-8-4)84-104-91(96)78-74-70-66-62-58-54-50-48-44-42-38-34-30-26-22-18-14-10-6-2/h9,11-13,15-16,21-28,33-40,43-44,47-48,51-52,55-56,63,67,87-89,94H,5-8,10,14,17-20,29-32,41-42,45-46,49-50,53-54,57-62,64-66,68-86H2,1-4H3,(H,99,100)(H,101,102)/b13-9-,15-11-,16-12-,25-21-,26-22-,27-23-,28-24-,37-33-,38-34-,39-35-,40-36-,47-43-,48-44-,55-51-,56-52-,67-63-. The third-order valence-corrected chi connectivity index (χ3v) is 18.9. The highest BCUT2D eigenvalue weighted by Gasteiger charge is 2.30. The Morgan fingerprint density at radius 3 is 0.750 bits per heavy atom. The number of hydrogen-bond acceptors (Lipinski definition) is 15. The Hall–Kier alpha value is -6.10. The Balaban J connectivity index is 5.50. The minimum Gasteiger partial charge on any atom is -0.462 e. The molecule has 0 rings (SSSR count). The van der Waals surface area contributed by atoms with Crippen LogP contribution in [0.1, 0.15) is 310 Å². The van der Waals surface area contributed by atoms with E-state index in [0.717, 1.165) is 205 Å². The lowest BCUT2D eigenvalue weighted by Gasteiger charge is -2.21. The lowest BCUT2D eigenvalue weighted by atomic mass is 10.1. The number of hydrogen-bond donors (Lipinski definition) is 3. The highest BCUT2D eigenvalue weighted by Crippen LogP contribution is 2.45. The molecule has 0 heterocycles. The molecule has 17 nitrogen and oxygen atoms in total. The third-order valence-electron chi connectivity index (χ3n) is 17.0. The number of rotatable bonds is 78. The Bertz CT molecular complexity index is 2890. The van der Waals surface area contributed by atoms with Crippen LogP contribution in [0, 0.1) is 0 Å². The summed E-state index contributed by atoms with van der Waals surface area (Å²) in [7, 11) is -10.0. The van der Waals surface area contributed by atoms with E-state index in [1.807, 2.05) is 12.2 Å². The topological polar surface area (TPSA) is 237 Å². The lowest BCUT2D eigenvalue weighted by molar-refractivity contribution is -0.161. The Labute approximate surface area is 678 Å². The number of aliphatic hydroxyl groups is 1. The fourth-order valence-electron chi connectivity index (χ4n) is 10.7. The van der Waals surface area contributed by atoms with Crippen LogP contribution in [0.15, 0.2) is 194 Å². The van der Waals surface area contributed by atoms with Crippen molar-refractivity contribution in [3.8, 4) is 0 Å². The van der Waals surface area contributed by atoms with Crippen LogP contribution in [0.2, 0.25) is 0 Å². The largest absolute Gasteiger partial charge is 0.472 e. The SMILES string of the molecule is CC/C=C\C/C=C\C/C=C\C/C=C\C/C=C\CCCC(=O)OC(COC(=O)CCCCCCCC/C=C\C/C=C\C/C=C\C/C=C\CC)COP(=O)(O)OCC(O)COP(=O)(O)OCC(COC(=O)CCCCCCCC/C=C\C/C=C\C/C=C\CCCCC)OC(=O)CCCCCC/C=C\C/C=C\C/C=C\C/C=C\CC. The van der Waals surface area contributed by atoms with Gasteiger partial charge >= 0.3 is 39.5 Å². The van der Waals surface area contributed by atoms with Crippen molar-refractivity contribution in [1.82, 2.24) is 0 Å². The third kappa shape index (κ3) is 81.9. The predicted octanol–water partition coefficient (Wildman–Crippen LogP) is 25.7. The maximum Gasteiger partial charge on any atom is 0.472 e. The summed E-state index contributed by atoms with van der Waals surface area (Å²) in [6.07, 6.45) is 103. The van der Waals surface area contributed by atoms with E-state index in [2.05, 4.69) is 210 Å². The molecule has 112 heavy (non-hydrogen) atoms. The second-order valence-corrected chi connectivity index (χ2v) is 30.5. The van der Waals surface area contributed by atoms with Crippen LogP contribution in [0.4, 0.5) is 0 Å². The Kier molecular flexibility index (Phi) is 78.4. The number of phosphoric ester groups is 2. The molecule has 0 radical (unpaired) electrons. The smallest absolute Gasteiger partial charge is 0.462 e. The van der Waals surface area contributed by atoms with Crippen LogP contribution < -0.4 is 0 Å². The first kappa shape index (κ1) is 106. The second-order valence-electron chi connectivity index (χ2n) is 27.6. The van der Waals surface area contributed by atoms with E-state index in [1.54, 1.807) is 0 Å². The summed E-state index contributed by atoms with van der Waals surface area (Å²) < 4.78 is 68.7. The number of allylic oxidation sites excluding steroid dienone is 32. The zero-order valence-electron chi connectivity index (χ0n) is 69.5. The van der Waals surface area contributed by atoms with E-state index in [1.165, 1.54) is 19.3 Å². The minimum absolute atomic E-state index is 0.00488. The van der Waals surface area contributed by atoms with Gasteiger partial charge in [-0.3, -0.25) is 37.3 Å². The molecule has 0 saturated heterocycles. The van der Waals surface area contributed by atoms with Gasteiger partial charge in [0.15, 0.2) is 12.2 Å². The van der Waals surface area contributed by atoms with Gasteiger partial charge in [0, 0.05) is 25.7 Å². The fraction of sp³-hybridized carbons (Fsp3) is 0.613. The Morgan fingerprint density at radius 1 is 0.259 bits per heavy atom. The highest BCUT2D eigenvalue weighted by molar-refractivity contribution is 7.47. The number of aliphatic hydroxyl groups excluding tert-OH is 1. The number of carbonyl (C=O) groups is 4. The average Bonchev–Trinajstić information content (AvgIpc) is 0.897. The van der Waals surface area contributed by atoms with Gasteiger partial charge < -0.3 is 33.8 Å². The van der Waals surface area contributed by atoms with Crippen LogP contribution in [-0.2, 0) is 65.4 Å². The van der Waals surface area contributed by atoms with Gasteiger partial charge in [-0.25, -0.2) is 9.13 Å². The number of phosphoric acid groups is 2. The lowest BCUT2D eigenvalue weighted by Crippen LogP contribution is -2.30. The van der Waals surface area contributed by atoms with E-state index < -0.39 is 97.5 Å². The molecule has 5 atom stereocenters.